The molecule has 0 saturated carbocycles. The van der Waals surface area contributed by atoms with Crippen LogP contribution in [0.2, 0.25) is 0 Å². The van der Waals surface area contributed by atoms with Gasteiger partial charge in [0.15, 0.2) is 0 Å². The van der Waals surface area contributed by atoms with Crippen molar-refractivity contribution >= 4 is 28.8 Å². The molecular weight excluding hydrogens is 286 g/mol. The average Bonchev–Trinajstić information content (AvgIpc) is 2.47. The van der Waals surface area contributed by atoms with Crippen molar-refractivity contribution in [1.82, 2.24) is 4.90 Å². The van der Waals surface area contributed by atoms with E-state index in [1.54, 1.807) is 24.3 Å². The van der Waals surface area contributed by atoms with Crippen LogP contribution in [0.15, 0.2) is 24.3 Å². The number of carbonyl (C=O) groups is 1. The zero-order chi connectivity index (χ0) is 15.2. The van der Waals surface area contributed by atoms with Crippen LogP contribution in [0, 0.1) is 0 Å². The number of anilines is 1. The highest BCUT2D eigenvalue weighted by atomic mass is 32.1. The van der Waals surface area contributed by atoms with E-state index in [4.69, 9.17) is 18.0 Å². The Bertz CT molecular complexity index is 496. The lowest BCUT2D eigenvalue weighted by Gasteiger charge is -2.29. The van der Waals surface area contributed by atoms with Gasteiger partial charge in [-0.25, -0.2) is 0 Å². The molecule has 5 nitrogen and oxygen atoms in total. The summed E-state index contributed by atoms with van der Waals surface area (Å²) in [4.78, 5) is 14.5. The molecule has 0 aliphatic carbocycles. The standard InChI is InChI=1S/C15H21N3O2S/c16-15(21)11-1-3-12(4-2-11)17-14(20)7-10-18-8-5-13(19)6-9-18/h1-4,13,19H,5-10H2,(H2,16,21)(H,17,20). The highest BCUT2D eigenvalue weighted by molar-refractivity contribution is 7.80. The highest BCUT2D eigenvalue weighted by Crippen LogP contribution is 2.12. The number of amides is 1. The summed E-state index contributed by atoms with van der Waals surface area (Å²) in [7, 11) is 0. The summed E-state index contributed by atoms with van der Waals surface area (Å²) in [5.41, 5.74) is 7.06. The fraction of sp³-hybridized carbons (Fsp3) is 0.467. The molecule has 1 heterocycles. The number of aliphatic hydroxyl groups is 1. The molecule has 1 aliphatic rings. The second kappa shape index (κ2) is 7.49. The number of hydrogen-bond donors (Lipinski definition) is 3. The van der Waals surface area contributed by atoms with Crippen molar-refractivity contribution in [3.05, 3.63) is 29.8 Å². The molecule has 1 saturated heterocycles. The Morgan fingerprint density at radius 2 is 1.95 bits per heavy atom. The van der Waals surface area contributed by atoms with Gasteiger partial charge < -0.3 is 21.1 Å². The van der Waals surface area contributed by atoms with Gasteiger partial charge in [-0.3, -0.25) is 4.79 Å². The Labute approximate surface area is 130 Å². The maximum atomic E-state index is 11.9. The fourth-order valence-electron chi connectivity index (χ4n) is 2.34. The molecule has 114 valence electrons. The number of thiocarbonyl (C=S) groups is 1. The minimum atomic E-state index is -0.179. The molecular formula is C15H21N3O2S. The maximum absolute atomic E-state index is 11.9. The van der Waals surface area contributed by atoms with Gasteiger partial charge in [-0.1, -0.05) is 12.2 Å². The lowest BCUT2D eigenvalue weighted by Crippen LogP contribution is -2.37. The third-order valence-electron chi connectivity index (χ3n) is 3.67. The molecule has 1 aromatic rings. The van der Waals surface area contributed by atoms with Crippen molar-refractivity contribution in [2.75, 3.05) is 25.0 Å². The predicted octanol–water partition coefficient (Wildman–Crippen LogP) is 1.11. The summed E-state index contributed by atoms with van der Waals surface area (Å²) < 4.78 is 0. The van der Waals surface area contributed by atoms with Gasteiger partial charge in [0.1, 0.15) is 4.99 Å². The SMILES string of the molecule is NC(=S)c1ccc(NC(=O)CCN2CCC(O)CC2)cc1. The van der Waals surface area contributed by atoms with Gasteiger partial charge in [0.25, 0.3) is 0 Å². The second-order valence-corrected chi connectivity index (χ2v) is 5.75. The van der Waals surface area contributed by atoms with Crippen molar-refractivity contribution in [2.45, 2.75) is 25.4 Å². The molecule has 6 heteroatoms. The molecule has 1 fully saturated rings. The molecule has 0 aromatic heterocycles. The minimum Gasteiger partial charge on any atom is -0.393 e. The molecule has 0 unspecified atom stereocenters. The number of aliphatic hydroxyl groups excluding tert-OH is 1. The van der Waals surface area contributed by atoms with E-state index < -0.39 is 0 Å². The molecule has 1 aliphatic heterocycles. The molecule has 0 spiro atoms. The van der Waals surface area contributed by atoms with Crippen molar-refractivity contribution < 1.29 is 9.90 Å². The van der Waals surface area contributed by atoms with E-state index in [2.05, 4.69) is 10.2 Å². The first-order valence-electron chi connectivity index (χ1n) is 7.15. The number of benzene rings is 1. The monoisotopic (exact) mass is 307 g/mol. The van der Waals surface area contributed by atoms with E-state index in [1.807, 2.05) is 0 Å². The minimum absolute atomic E-state index is 0.0100. The number of nitrogens with one attached hydrogen (secondary N) is 1. The van der Waals surface area contributed by atoms with Gasteiger partial charge in [-0.2, -0.15) is 0 Å². The van der Waals surface area contributed by atoms with Gasteiger partial charge in [-0.15, -0.1) is 0 Å². The molecule has 4 N–H and O–H groups in total. The van der Waals surface area contributed by atoms with Gasteiger partial charge in [0.2, 0.25) is 5.91 Å². The number of piperidine rings is 1. The van der Waals surface area contributed by atoms with Crippen molar-refractivity contribution in [1.29, 1.82) is 0 Å². The van der Waals surface area contributed by atoms with E-state index >= 15 is 0 Å². The number of rotatable bonds is 5. The first-order chi connectivity index (χ1) is 10.0. The topological polar surface area (TPSA) is 78.6 Å². The number of nitrogens with zero attached hydrogens (tertiary/aromatic N) is 1. The van der Waals surface area contributed by atoms with Crippen LogP contribution in [0.3, 0.4) is 0 Å². The lowest BCUT2D eigenvalue weighted by atomic mass is 10.1. The number of carbonyl (C=O) groups excluding carboxylic acids is 1. The summed E-state index contributed by atoms with van der Waals surface area (Å²) in [6, 6.07) is 7.18. The van der Waals surface area contributed by atoms with Gasteiger partial charge in [0, 0.05) is 37.3 Å². The van der Waals surface area contributed by atoms with E-state index in [9.17, 15) is 9.90 Å². The Morgan fingerprint density at radius 3 is 2.52 bits per heavy atom. The first kappa shape index (κ1) is 15.9. The molecule has 0 bridgehead atoms. The summed E-state index contributed by atoms with van der Waals surface area (Å²) in [6.45, 7) is 2.44. The smallest absolute Gasteiger partial charge is 0.225 e. The number of likely N-dealkylation sites (tertiary alicyclic amines) is 1. The van der Waals surface area contributed by atoms with E-state index in [0.717, 1.165) is 43.7 Å². The number of nitrogens with two attached hydrogens (primary N) is 1. The summed E-state index contributed by atoms with van der Waals surface area (Å²) in [6.07, 6.45) is 1.86. The van der Waals surface area contributed by atoms with Crippen LogP contribution in [0.4, 0.5) is 5.69 Å². The maximum Gasteiger partial charge on any atom is 0.225 e. The molecule has 0 radical (unpaired) electrons. The van der Waals surface area contributed by atoms with E-state index in [-0.39, 0.29) is 12.0 Å². The normalized spacial score (nSPS) is 16.6. The van der Waals surface area contributed by atoms with E-state index in [1.165, 1.54) is 0 Å². The van der Waals surface area contributed by atoms with Crippen molar-refractivity contribution in [3.63, 3.8) is 0 Å². The Hall–Kier alpha value is -1.50. The molecule has 1 aromatic carbocycles. The summed E-state index contributed by atoms with van der Waals surface area (Å²) in [5.74, 6) is -0.0100. The van der Waals surface area contributed by atoms with Crippen LogP contribution in [0.1, 0.15) is 24.8 Å². The lowest BCUT2D eigenvalue weighted by molar-refractivity contribution is -0.116. The molecule has 21 heavy (non-hydrogen) atoms. The fourth-order valence-corrected chi connectivity index (χ4v) is 2.48. The van der Waals surface area contributed by atoms with Crippen LogP contribution < -0.4 is 11.1 Å². The van der Waals surface area contributed by atoms with Crippen LogP contribution >= 0.6 is 12.2 Å². The van der Waals surface area contributed by atoms with Crippen molar-refractivity contribution in [3.8, 4) is 0 Å². The van der Waals surface area contributed by atoms with E-state index in [0.29, 0.717) is 11.4 Å². The zero-order valence-electron chi connectivity index (χ0n) is 11.9. The molecule has 1 amide bonds. The van der Waals surface area contributed by atoms with Crippen molar-refractivity contribution in [2.24, 2.45) is 5.73 Å². The third-order valence-corrected chi connectivity index (χ3v) is 3.90. The first-order valence-corrected chi connectivity index (χ1v) is 7.55. The second-order valence-electron chi connectivity index (χ2n) is 5.31. The van der Waals surface area contributed by atoms with Crippen LogP contribution in [0.25, 0.3) is 0 Å². The van der Waals surface area contributed by atoms with Crippen LogP contribution in [0.5, 0.6) is 0 Å². The zero-order valence-corrected chi connectivity index (χ0v) is 12.7. The highest BCUT2D eigenvalue weighted by Gasteiger charge is 2.17. The quantitative estimate of drug-likeness (QED) is 0.710. The van der Waals surface area contributed by atoms with Crippen LogP contribution in [-0.4, -0.2) is 46.6 Å². The third kappa shape index (κ3) is 5.08. The Morgan fingerprint density at radius 1 is 1.33 bits per heavy atom. The Balaban J connectivity index is 1.75. The average molecular weight is 307 g/mol. The molecule has 0 atom stereocenters. The molecule has 2 rings (SSSR count). The van der Waals surface area contributed by atoms with Crippen LogP contribution in [-0.2, 0) is 4.79 Å². The number of hydrogen-bond acceptors (Lipinski definition) is 4. The van der Waals surface area contributed by atoms with Gasteiger partial charge in [-0.05, 0) is 37.1 Å². The Kier molecular flexibility index (Phi) is 5.67. The van der Waals surface area contributed by atoms with Gasteiger partial charge in [0.05, 0.1) is 6.10 Å². The summed E-state index contributed by atoms with van der Waals surface area (Å²) in [5, 5.41) is 12.3. The predicted molar refractivity (Wildman–Crippen MR) is 87.3 cm³/mol. The van der Waals surface area contributed by atoms with Gasteiger partial charge >= 0.3 is 0 Å². The summed E-state index contributed by atoms with van der Waals surface area (Å²) >= 11 is 4.88. The largest absolute Gasteiger partial charge is 0.393 e.